The van der Waals surface area contributed by atoms with Gasteiger partial charge in [0.25, 0.3) is 0 Å². The van der Waals surface area contributed by atoms with Crippen LogP contribution in [0.2, 0.25) is 0 Å². The summed E-state index contributed by atoms with van der Waals surface area (Å²) < 4.78 is 5.63. The van der Waals surface area contributed by atoms with Crippen LogP contribution in [-0.2, 0) is 20.7 Å². The molecule has 7 nitrogen and oxygen atoms in total. The van der Waals surface area contributed by atoms with Gasteiger partial charge in [0.1, 0.15) is 11.4 Å². The average Bonchev–Trinajstić information content (AvgIpc) is 3.04. The monoisotopic (exact) mass is 489 g/mol. The van der Waals surface area contributed by atoms with Gasteiger partial charge in [0, 0.05) is 5.75 Å². The first-order valence-corrected chi connectivity index (χ1v) is 12.7. The van der Waals surface area contributed by atoms with Crippen LogP contribution in [0.15, 0.2) is 42.5 Å². The Labute approximate surface area is 208 Å². The van der Waals surface area contributed by atoms with Crippen LogP contribution in [0, 0.1) is 0 Å². The lowest BCUT2D eigenvalue weighted by molar-refractivity contribution is -0.125. The van der Waals surface area contributed by atoms with Gasteiger partial charge in [0.2, 0.25) is 5.91 Å². The fourth-order valence-electron chi connectivity index (χ4n) is 3.68. The summed E-state index contributed by atoms with van der Waals surface area (Å²) in [6, 6.07) is 9.31. The highest BCUT2D eigenvalue weighted by Gasteiger charge is 2.44. The number of carbonyl (C=O) groups excluding carboxylic acids is 3. The smallest absolute Gasteiger partial charge is 0.411 e. The highest BCUT2D eigenvalue weighted by Crippen LogP contribution is 2.40. The Morgan fingerprint density at radius 3 is 2.53 bits per heavy atom. The van der Waals surface area contributed by atoms with Crippen LogP contribution in [0.1, 0.15) is 53.5 Å². The van der Waals surface area contributed by atoms with Gasteiger partial charge in [-0.3, -0.25) is 14.5 Å². The summed E-state index contributed by atoms with van der Waals surface area (Å²) in [4.78, 5) is 38.2. The predicted molar refractivity (Wildman–Crippen MR) is 138 cm³/mol. The fraction of sp³-hybridized carbons (Fsp3) is 0.577. The minimum atomic E-state index is -0.546. The molecule has 8 heteroatoms. The molecule has 0 saturated carbocycles. The Bertz CT molecular complexity index is 865. The van der Waals surface area contributed by atoms with Crippen LogP contribution < -0.4 is 10.6 Å². The molecular weight excluding hydrogens is 450 g/mol. The van der Waals surface area contributed by atoms with Crippen LogP contribution in [0.4, 0.5) is 4.79 Å². The third kappa shape index (κ3) is 9.14. The number of benzene rings is 1. The standard InChI is InChI=1S/C26H39N3O4S/c1-19(30)17-28-23(31)22(16-20-12-8-7-9-13-20)27-15-11-10-14-21-18-34-26(5,6)29(21)24(32)33-25(2,3)4/h7-10,12-14,21-22,27H,11,15-18H2,1-6H3,(H,28,31)/b14-10+. The second-order valence-electron chi connectivity index (χ2n) is 10.0. The molecule has 0 bridgehead atoms. The molecule has 1 aromatic rings. The molecule has 188 valence electrons. The lowest BCUT2D eigenvalue weighted by atomic mass is 10.0. The Hall–Kier alpha value is -2.32. The number of Topliss-reactive ketones (excluding diaryl/α,β-unsaturated/α-hetero) is 1. The maximum absolute atomic E-state index is 12.8. The lowest BCUT2D eigenvalue weighted by Crippen LogP contribution is -2.48. The summed E-state index contributed by atoms with van der Waals surface area (Å²) in [7, 11) is 0. The Morgan fingerprint density at radius 2 is 1.91 bits per heavy atom. The number of thioether (sulfide) groups is 1. The van der Waals surface area contributed by atoms with Crippen LogP contribution in [0.25, 0.3) is 0 Å². The van der Waals surface area contributed by atoms with E-state index < -0.39 is 11.6 Å². The normalized spacial score (nSPS) is 18.6. The van der Waals surface area contributed by atoms with E-state index in [0.717, 1.165) is 11.3 Å². The summed E-state index contributed by atoms with van der Waals surface area (Å²) in [5, 5.41) is 6.02. The number of carbonyl (C=O) groups is 3. The van der Waals surface area contributed by atoms with Crippen molar-refractivity contribution in [3.05, 3.63) is 48.0 Å². The van der Waals surface area contributed by atoms with Crippen molar-refractivity contribution in [3.8, 4) is 0 Å². The molecule has 1 heterocycles. The topological polar surface area (TPSA) is 87.7 Å². The zero-order valence-corrected chi connectivity index (χ0v) is 22.0. The van der Waals surface area contributed by atoms with E-state index in [1.54, 1.807) is 16.7 Å². The Kier molecular flexibility index (Phi) is 10.2. The van der Waals surface area contributed by atoms with Crippen molar-refractivity contribution in [1.82, 2.24) is 15.5 Å². The Morgan fingerprint density at radius 1 is 1.24 bits per heavy atom. The third-order valence-electron chi connectivity index (χ3n) is 5.28. The predicted octanol–water partition coefficient (Wildman–Crippen LogP) is 3.93. The van der Waals surface area contributed by atoms with Crippen molar-refractivity contribution in [2.45, 2.75) is 76.9 Å². The van der Waals surface area contributed by atoms with E-state index in [1.165, 1.54) is 6.92 Å². The highest BCUT2D eigenvalue weighted by molar-refractivity contribution is 8.00. The van der Waals surface area contributed by atoms with Gasteiger partial charge >= 0.3 is 6.09 Å². The van der Waals surface area contributed by atoms with Gasteiger partial charge in [-0.1, -0.05) is 42.5 Å². The summed E-state index contributed by atoms with van der Waals surface area (Å²) >= 11 is 1.73. The molecule has 1 fully saturated rings. The molecule has 0 aliphatic carbocycles. The largest absolute Gasteiger partial charge is 0.444 e. The molecule has 2 unspecified atom stereocenters. The van der Waals surface area contributed by atoms with Crippen molar-refractivity contribution in [2.24, 2.45) is 0 Å². The maximum Gasteiger partial charge on any atom is 0.411 e. The number of ether oxygens (including phenoxy) is 1. The molecule has 1 aliphatic heterocycles. The van der Waals surface area contributed by atoms with Crippen LogP contribution in [0.3, 0.4) is 0 Å². The van der Waals surface area contributed by atoms with Crippen molar-refractivity contribution >= 4 is 29.5 Å². The molecule has 1 aromatic carbocycles. The quantitative estimate of drug-likeness (QED) is 0.383. The molecule has 1 aliphatic rings. The summed E-state index contributed by atoms with van der Waals surface area (Å²) in [6.45, 7) is 11.8. The van der Waals surface area contributed by atoms with Crippen molar-refractivity contribution in [3.63, 3.8) is 0 Å². The van der Waals surface area contributed by atoms with Gasteiger partial charge in [-0.25, -0.2) is 4.79 Å². The molecule has 1 saturated heterocycles. The molecule has 2 rings (SSSR count). The zero-order chi connectivity index (χ0) is 25.4. The first kappa shape index (κ1) is 27.9. The first-order valence-electron chi connectivity index (χ1n) is 11.8. The van der Waals surface area contributed by atoms with Gasteiger partial charge in [0.05, 0.1) is 23.5 Å². The summed E-state index contributed by atoms with van der Waals surface area (Å²) in [5.74, 6) is 0.537. The summed E-state index contributed by atoms with van der Waals surface area (Å²) in [5.41, 5.74) is 0.502. The Balaban J connectivity index is 1.95. The van der Waals surface area contributed by atoms with E-state index in [2.05, 4.69) is 16.7 Å². The SMILES string of the molecule is CC(=O)CNC(=O)C(Cc1ccccc1)NCC/C=C/C1CSC(C)(C)N1C(=O)OC(C)(C)C. The number of rotatable bonds is 10. The zero-order valence-electron chi connectivity index (χ0n) is 21.2. The van der Waals surface area contributed by atoms with Crippen LogP contribution in [-0.4, -0.2) is 64.1 Å². The van der Waals surface area contributed by atoms with Gasteiger partial charge in [-0.2, -0.15) is 0 Å². The molecule has 0 radical (unpaired) electrons. The lowest BCUT2D eigenvalue weighted by Gasteiger charge is -2.35. The van der Waals surface area contributed by atoms with Gasteiger partial charge in [-0.15, -0.1) is 11.8 Å². The second kappa shape index (κ2) is 12.4. The molecule has 2 amide bonds. The minimum absolute atomic E-state index is 0.0291. The first-order chi connectivity index (χ1) is 15.9. The third-order valence-corrected chi connectivity index (χ3v) is 6.69. The number of hydrogen-bond donors (Lipinski definition) is 2. The molecule has 0 aromatic heterocycles. The molecule has 2 N–H and O–H groups in total. The van der Waals surface area contributed by atoms with E-state index >= 15 is 0 Å². The van der Waals surface area contributed by atoms with Crippen molar-refractivity contribution in [1.29, 1.82) is 0 Å². The molecular formula is C26H39N3O4S. The van der Waals surface area contributed by atoms with E-state index in [1.807, 2.05) is 71.0 Å². The number of amides is 2. The van der Waals surface area contributed by atoms with E-state index in [9.17, 15) is 14.4 Å². The minimum Gasteiger partial charge on any atom is -0.444 e. The number of hydrogen-bond acceptors (Lipinski definition) is 6. The number of ketones is 1. The number of nitrogens with one attached hydrogen (secondary N) is 2. The highest BCUT2D eigenvalue weighted by atomic mass is 32.2. The molecule has 0 spiro atoms. The van der Waals surface area contributed by atoms with Crippen molar-refractivity contribution < 1.29 is 19.1 Å². The molecule has 34 heavy (non-hydrogen) atoms. The van der Waals surface area contributed by atoms with Crippen LogP contribution in [0.5, 0.6) is 0 Å². The summed E-state index contributed by atoms with van der Waals surface area (Å²) in [6.07, 6.45) is 5.03. The maximum atomic E-state index is 12.8. The second-order valence-corrected chi connectivity index (χ2v) is 11.6. The average molecular weight is 490 g/mol. The van der Waals surface area contributed by atoms with E-state index in [-0.39, 0.29) is 35.2 Å². The van der Waals surface area contributed by atoms with Crippen LogP contribution >= 0.6 is 11.8 Å². The van der Waals surface area contributed by atoms with Gasteiger partial charge < -0.3 is 15.4 Å². The van der Waals surface area contributed by atoms with E-state index in [4.69, 9.17) is 4.74 Å². The fourth-order valence-corrected chi connectivity index (χ4v) is 4.86. The number of nitrogens with zero attached hydrogens (tertiary/aromatic N) is 1. The molecule has 2 atom stereocenters. The van der Waals surface area contributed by atoms with E-state index in [0.29, 0.717) is 19.4 Å². The van der Waals surface area contributed by atoms with Gasteiger partial charge in [0.15, 0.2) is 0 Å². The van der Waals surface area contributed by atoms with Crippen molar-refractivity contribution in [2.75, 3.05) is 18.8 Å². The van der Waals surface area contributed by atoms with Gasteiger partial charge in [-0.05, 0) is 66.5 Å².